The lowest BCUT2D eigenvalue weighted by Crippen LogP contribution is -2.42. The Labute approximate surface area is 176 Å². The summed E-state index contributed by atoms with van der Waals surface area (Å²) in [5, 5.41) is 19.9. The first kappa shape index (κ1) is 22.5. The number of H-pyrrole nitrogens is 1. The van der Waals surface area contributed by atoms with E-state index in [0.717, 1.165) is 0 Å². The van der Waals surface area contributed by atoms with E-state index < -0.39 is 26.6 Å². The maximum atomic E-state index is 14.9. The molecule has 2 aromatic heterocycles. The number of aromatic nitrogens is 4. The van der Waals surface area contributed by atoms with Crippen LogP contribution in [0, 0.1) is 5.92 Å². The molecule has 3 rings (SSSR count). The van der Waals surface area contributed by atoms with Crippen LogP contribution in [0.3, 0.4) is 0 Å². The van der Waals surface area contributed by atoms with Crippen LogP contribution >= 0.6 is 0 Å². The standard InChI is InChI=1S/C20H30FN5O3Si/c1-20(2,3)30(4,5)29-10-12-8-15(16(21)17(12)27)25-19-13(9-22-11-23-19)18(28)14-6-7-24-26-14/h6-7,9,11-12,15-17,27H,8,10H2,1-5H3,(H,24,26)(H,22,23,25)/t12-,15-,16-,17-/m1/s1. The monoisotopic (exact) mass is 435 g/mol. The maximum absolute atomic E-state index is 14.9. The zero-order valence-corrected chi connectivity index (χ0v) is 19.0. The summed E-state index contributed by atoms with van der Waals surface area (Å²) in [6.45, 7) is 11.0. The normalized spacial score (nSPS) is 24.8. The Balaban J connectivity index is 1.70. The number of aromatic amines is 1. The summed E-state index contributed by atoms with van der Waals surface area (Å²) in [5.74, 6) is -0.446. The number of nitrogens with zero attached hydrogens (tertiary/aromatic N) is 3. The molecule has 0 amide bonds. The zero-order valence-electron chi connectivity index (χ0n) is 18.0. The van der Waals surface area contributed by atoms with Crippen LogP contribution in [-0.2, 0) is 4.43 Å². The quantitative estimate of drug-likeness (QED) is 0.453. The number of aliphatic hydroxyl groups excluding tert-OH is 1. The van der Waals surface area contributed by atoms with Crippen LogP contribution in [0.2, 0.25) is 18.1 Å². The smallest absolute Gasteiger partial charge is 0.216 e. The SMILES string of the molecule is CC(C)(C)[Si](C)(C)OC[C@H]1C[C@@H](Nc2ncncc2C(=O)c2ccn[nH]2)[C@@H](F)[C@@H]1O. The number of rotatable bonds is 7. The number of hydrogen-bond acceptors (Lipinski definition) is 7. The molecule has 0 bridgehead atoms. The summed E-state index contributed by atoms with van der Waals surface area (Å²) >= 11 is 0. The lowest BCUT2D eigenvalue weighted by molar-refractivity contribution is 0.0465. The summed E-state index contributed by atoms with van der Waals surface area (Å²) < 4.78 is 21.1. The molecule has 1 saturated carbocycles. The number of nitrogens with one attached hydrogen (secondary N) is 2. The van der Waals surface area contributed by atoms with Gasteiger partial charge in [-0.1, -0.05) is 20.8 Å². The largest absolute Gasteiger partial charge is 0.416 e. The number of aliphatic hydroxyl groups is 1. The van der Waals surface area contributed by atoms with Gasteiger partial charge in [0, 0.05) is 24.9 Å². The van der Waals surface area contributed by atoms with Gasteiger partial charge >= 0.3 is 0 Å². The second-order valence-electron chi connectivity index (χ2n) is 9.34. The van der Waals surface area contributed by atoms with Gasteiger partial charge in [0.25, 0.3) is 0 Å². The number of halogens is 1. The van der Waals surface area contributed by atoms with Crippen molar-refractivity contribution in [1.29, 1.82) is 0 Å². The Morgan fingerprint density at radius 3 is 2.80 bits per heavy atom. The van der Waals surface area contributed by atoms with Crippen LogP contribution in [0.15, 0.2) is 24.8 Å². The van der Waals surface area contributed by atoms with Gasteiger partial charge in [0.1, 0.15) is 24.0 Å². The molecule has 0 spiro atoms. The third kappa shape index (κ3) is 4.60. The highest BCUT2D eigenvalue weighted by Crippen LogP contribution is 2.38. The molecule has 2 heterocycles. The van der Waals surface area contributed by atoms with Crippen LogP contribution < -0.4 is 5.32 Å². The first-order chi connectivity index (χ1) is 14.0. The minimum atomic E-state index is -2.00. The van der Waals surface area contributed by atoms with Gasteiger partial charge in [-0.15, -0.1) is 0 Å². The third-order valence-corrected chi connectivity index (χ3v) is 10.7. The minimum Gasteiger partial charge on any atom is -0.416 e. The molecule has 2 aromatic rings. The number of carbonyl (C=O) groups excluding carboxylic acids is 1. The fourth-order valence-electron chi connectivity index (χ4n) is 3.24. The summed E-state index contributed by atoms with van der Waals surface area (Å²) in [5.41, 5.74) is 0.501. The van der Waals surface area contributed by atoms with E-state index in [1.807, 2.05) is 0 Å². The van der Waals surface area contributed by atoms with Crippen LogP contribution in [0.1, 0.15) is 43.2 Å². The van der Waals surface area contributed by atoms with Crippen molar-refractivity contribution in [3.05, 3.63) is 36.0 Å². The van der Waals surface area contributed by atoms with Gasteiger partial charge in [-0.05, 0) is 30.6 Å². The minimum absolute atomic E-state index is 0.0339. The zero-order chi connectivity index (χ0) is 22.1. The average Bonchev–Trinajstić information content (AvgIpc) is 3.30. The number of ketones is 1. The Bertz CT molecular complexity index is 872. The van der Waals surface area contributed by atoms with E-state index in [4.69, 9.17) is 4.43 Å². The van der Waals surface area contributed by atoms with Crippen LogP contribution in [0.25, 0.3) is 0 Å². The van der Waals surface area contributed by atoms with Crippen molar-refractivity contribution >= 4 is 19.9 Å². The van der Waals surface area contributed by atoms with Crippen molar-refractivity contribution in [2.24, 2.45) is 5.92 Å². The lowest BCUT2D eigenvalue weighted by Gasteiger charge is -2.37. The molecule has 1 aliphatic rings. The van der Waals surface area contributed by atoms with E-state index in [1.54, 1.807) is 6.07 Å². The van der Waals surface area contributed by atoms with Crippen molar-refractivity contribution in [3.8, 4) is 0 Å². The van der Waals surface area contributed by atoms with Gasteiger partial charge in [0.2, 0.25) is 5.78 Å². The molecule has 4 atom stereocenters. The van der Waals surface area contributed by atoms with E-state index in [-0.39, 0.29) is 33.8 Å². The average molecular weight is 436 g/mol. The number of alkyl halides is 1. The summed E-state index contributed by atoms with van der Waals surface area (Å²) in [4.78, 5) is 20.7. The molecule has 3 N–H and O–H groups in total. The summed E-state index contributed by atoms with van der Waals surface area (Å²) in [7, 11) is -2.00. The van der Waals surface area contributed by atoms with Gasteiger partial charge < -0.3 is 14.8 Å². The van der Waals surface area contributed by atoms with Gasteiger partial charge in [0.05, 0.1) is 17.7 Å². The van der Waals surface area contributed by atoms with Gasteiger partial charge in [-0.3, -0.25) is 9.89 Å². The fraction of sp³-hybridized carbons (Fsp3) is 0.600. The molecule has 30 heavy (non-hydrogen) atoms. The molecule has 0 unspecified atom stereocenters. The molecular formula is C20H30FN5O3Si. The predicted molar refractivity (Wildman–Crippen MR) is 114 cm³/mol. The third-order valence-electron chi connectivity index (χ3n) is 6.24. The lowest BCUT2D eigenvalue weighted by atomic mass is 10.1. The molecule has 0 saturated heterocycles. The number of anilines is 1. The molecule has 8 nitrogen and oxygen atoms in total. The van der Waals surface area contributed by atoms with E-state index in [0.29, 0.717) is 13.0 Å². The maximum Gasteiger partial charge on any atom is 0.216 e. The highest BCUT2D eigenvalue weighted by Gasteiger charge is 2.45. The van der Waals surface area contributed by atoms with Crippen molar-refractivity contribution in [2.75, 3.05) is 11.9 Å². The molecule has 0 aromatic carbocycles. The summed E-state index contributed by atoms with van der Waals surface area (Å²) in [6.07, 6.45) is 1.89. The highest BCUT2D eigenvalue weighted by atomic mass is 28.4. The molecular weight excluding hydrogens is 405 g/mol. The molecule has 1 fully saturated rings. The van der Waals surface area contributed by atoms with E-state index >= 15 is 0 Å². The van der Waals surface area contributed by atoms with Gasteiger partial charge in [0.15, 0.2) is 8.32 Å². The van der Waals surface area contributed by atoms with Crippen molar-refractivity contribution in [1.82, 2.24) is 20.2 Å². The predicted octanol–water partition coefficient (Wildman–Crippen LogP) is 2.95. The van der Waals surface area contributed by atoms with E-state index in [9.17, 15) is 14.3 Å². The van der Waals surface area contributed by atoms with Gasteiger partial charge in [-0.25, -0.2) is 14.4 Å². The number of carbonyl (C=O) groups is 1. The Morgan fingerprint density at radius 1 is 1.43 bits per heavy atom. The summed E-state index contributed by atoms with van der Waals surface area (Å²) in [6, 6.07) is 0.862. The van der Waals surface area contributed by atoms with Crippen molar-refractivity contribution in [2.45, 2.75) is 63.6 Å². The second kappa shape index (κ2) is 8.52. The van der Waals surface area contributed by atoms with Crippen LogP contribution in [0.5, 0.6) is 0 Å². The molecule has 164 valence electrons. The highest BCUT2D eigenvalue weighted by molar-refractivity contribution is 6.74. The molecule has 0 radical (unpaired) electrons. The first-order valence-corrected chi connectivity index (χ1v) is 13.0. The molecule has 10 heteroatoms. The second-order valence-corrected chi connectivity index (χ2v) is 14.1. The number of hydrogen-bond donors (Lipinski definition) is 3. The van der Waals surface area contributed by atoms with E-state index in [1.165, 1.54) is 18.7 Å². The Morgan fingerprint density at radius 2 is 2.17 bits per heavy atom. The van der Waals surface area contributed by atoms with Crippen molar-refractivity contribution in [3.63, 3.8) is 0 Å². The first-order valence-electron chi connectivity index (χ1n) is 10.1. The van der Waals surface area contributed by atoms with Crippen molar-refractivity contribution < 1.29 is 18.7 Å². The fourth-order valence-corrected chi connectivity index (χ4v) is 4.31. The van der Waals surface area contributed by atoms with E-state index in [2.05, 4.69) is 59.3 Å². The topological polar surface area (TPSA) is 113 Å². The van der Waals surface area contributed by atoms with Gasteiger partial charge in [-0.2, -0.15) is 5.10 Å². The van der Waals surface area contributed by atoms with Crippen LogP contribution in [0.4, 0.5) is 10.2 Å². The molecule has 0 aliphatic heterocycles. The Hall–Kier alpha value is -2.17. The molecule has 1 aliphatic carbocycles. The van der Waals surface area contributed by atoms with Crippen LogP contribution in [-0.4, -0.2) is 64.3 Å². The Kier molecular flexibility index (Phi) is 6.39.